The SMILES string of the molecule is NCc1ccccc1NCCO. The maximum atomic E-state index is 8.60. The van der Waals surface area contributed by atoms with Gasteiger partial charge in [-0.3, -0.25) is 0 Å². The van der Waals surface area contributed by atoms with E-state index in [0.717, 1.165) is 11.3 Å². The summed E-state index contributed by atoms with van der Waals surface area (Å²) in [7, 11) is 0. The zero-order valence-corrected chi connectivity index (χ0v) is 6.96. The Morgan fingerprint density at radius 3 is 2.75 bits per heavy atom. The predicted molar refractivity (Wildman–Crippen MR) is 49.9 cm³/mol. The average molecular weight is 166 g/mol. The van der Waals surface area contributed by atoms with Crippen LogP contribution in [0.3, 0.4) is 0 Å². The van der Waals surface area contributed by atoms with Gasteiger partial charge in [-0.1, -0.05) is 18.2 Å². The van der Waals surface area contributed by atoms with Crippen LogP contribution in [0.2, 0.25) is 0 Å². The van der Waals surface area contributed by atoms with Crippen molar-refractivity contribution in [1.29, 1.82) is 0 Å². The molecule has 0 aliphatic heterocycles. The van der Waals surface area contributed by atoms with Gasteiger partial charge in [-0.25, -0.2) is 0 Å². The normalized spacial score (nSPS) is 9.83. The van der Waals surface area contributed by atoms with Crippen LogP contribution >= 0.6 is 0 Å². The second kappa shape index (κ2) is 4.74. The van der Waals surface area contributed by atoms with E-state index in [2.05, 4.69) is 5.32 Å². The number of hydrogen-bond donors (Lipinski definition) is 3. The highest BCUT2D eigenvalue weighted by Crippen LogP contribution is 2.12. The van der Waals surface area contributed by atoms with Crippen molar-refractivity contribution in [3.05, 3.63) is 29.8 Å². The summed E-state index contributed by atoms with van der Waals surface area (Å²) in [6, 6.07) is 7.82. The first-order chi connectivity index (χ1) is 5.88. The molecular formula is C9H14N2O. The number of para-hydroxylation sites is 1. The Morgan fingerprint density at radius 1 is 1.33 bits per heavy atom. The number of benzene rings is 1. The Morgan fingerprint density at radius 2 is 2.08 bits per heavy atom. The van der Waals surface area contributed by atoms with Crippen LogP contribution in [0.1, 0.15) is 5.56 Å². The second-order valence-corrected chi connectivity index (χ2v) is 2.51. The Kier molecular flexibility index (Phi) is 3.57. The lowest BCUT2D eigenvalue weighted by molar-refractivity contribution is 0.311. The molecule has 1 aromatic rings. The van der Waals surface area contributed by atoms with Gasteiger partial charge in [-0.15, -0.1) is 0 Å². The van der Waals surface area contributed by atoms with Gasteiger partial charge in [-0.2, -0.15) is 0 Å². The number of aliphatic hydroxyl groups excluding tert-OH is 1. The van der Waals surface area contributed by atoms with Gasteiger partial charge in [0.15, 0.2) is 0 Å². The number of aliphatic hydroxyl groups is 1. The lowest BCUT2D eigenvalue weighted by atomic mass is 10.2. The van der Waals surface area contributed by atoms with E-state index in [4.69, 9.17) is 10.8 Å². The number of nitrogens with one attached hydrogen (secondary N) is 1. The Labute approximate surface area is 72.2 Å². The highest BCUT2D eigenvalue weighted by Gasteiger charge is 1.96. The van der Waals surface area contributed by atoms with E-state index in [-0.39, 0.29) is 6.61 Å². The third kappa shape index (κ3) is 2.22. The molecule has 0 saturated heterocycles. The first-order valence-electron chi connectivity index (χ1n) is 4.01. The molecule has 0 radical (unpaired) electrons. The van der Waals surface area contributed by atoms with Crippen molar-refractivity contribution < 1.29 is 5.11 Å². The van der Waals surface area contributed by atoms with Crippen LogP contribution in [0.15, 0.2) is 24.3 Å². The third-order valence-corrected chi connectivity index (χ3v) is 1.66. The first kappa shape index (κ1) is 9.03. The molecule has 0 fully saturated rings. The minimum Gasteiger partial charge on any atom is -0.395 e. The van der Waals surface area contributed by atoms with E-state index < -0.39 is 0 Å². The summed E-state index contributed by atoms with van der Waals surface area (Å²) in [5, 5.41) is 11.7. The largest absolute Gasteiger partial charge is 0.395 e. The van der Waals surface area contributed by atoms with Gasteiger partial charge >= 0.3 is 0 Å². The van der Waals surface area contributed by atoms with Crippen LogP contribution < -0.4 is 11.1 Å². The van der Waals surface area contributed by atoms with Crippen LogP contribution in [0.4, 0.5) is 5.69 Å². The van der Waals surface area contributed by atoms with Crippen molar-refractivity contribution in [1.82, 2.24) is 0 Å². The van der Waals surface area contributed by atoms with Gasteiger partial charge < -0.3 is 16.2 Å². The van der Waals surface area contributed by atoms with E-state index in [1.807, 2.05) is 24.3 Å². The fourth-order valence-corrected chi connectivity index (χ4v) is 1.06. The fraction of sp³-hybridized carbons (Fsp3) is 0.333. The molecule has 12 heavy (non-hydrogen) atoms. The average Bonchev–Trinajstić information content (AvgIpc) is 2.15. The van der Waals surface area contributed by atoms with Gasteiger partial charge in [0.1, 0.15) is 0 Å². The van der Waals surface area contributed by atoms with E-state index in [1.165, 1.54) is 0 Å². The van der Waals surface area contributed by atoms with E-state index >= 15 is 0 Å². The van der Waals surface area contributed by atoms with Crippen molar-refractivity contribution in [2.45, 2.75) is 6.54 Å². The molecule has 0 aromatic heterocycles. The number of rotatable bonds is 4. The second-order valence-electron chi connectivity index (χ2n) is 2.51. The number of hydrogen-bond acceptors (Lipinski definition) is 3. The molecule has 0 saturated carbocycles. The molecule has 4 N–H and O–H groups in total. The molecule has 0 heterocycles. The summed E-state index contributed by atoms with van der Waals surface area (Å²) in [6.07, 6.45) is 0. The summed E-state index contributed by atoms with van der Waals surface area (Å²) >= 11 is 0. The molecule has 0 aliphatic rings. The Balaban J connectivity index is 2.68. The zero-order valence-electron chi connectivity index (χ0n) is 6.96. The van der Waals surface area contributed by atoms with Crippen LogP contribution in [0, 0.1) is 0 Å². The molecule has 0 amide bonds. The van der Waals surface area contributed by atoms with Gasteiger partial charge in [0.05, 0.1) is 6.61 Å². The maximum Gasteiger partial charge on any atom is 0.0604 e. The van der Waals surface area contributed by atoms with Crippen molar-refractivity contribution in [2.75, 3.05) is 18.5 Å². The molecule has 66 valence electrons. The van der Waals surface area contributed by atoms with Crippen LogP contribution in [0.5, 0.6) is 0 Å². The molecule has 0 spiro atoms. The third-order valence-electron chi connectivity index (χ3n) is 1.66. The minimum atomic E-state index is 0.138. The molecular weight excluding hydrogens is 152 g/mol. The smallest absolute Gasteiger partial charge is 0.0604 e. The molecule has 3 heteroatoms. The fourth-order valence-electron chi connectivity index (χ4n) is 1.06. The molecule has 0 aliphatic carbocycles. The highest BCUT2D eigenvalue weighted by molar-refractivity contribution is 5.50. The van der Waals surface area contributed by atoms with Gasteiger partial charge in [0, 0.05) is 18.8 Å². The van der Waals surface area contributed by atoms with Gasteiger partial charge in [0.25, 0.3) is 0 Å². The lowest BCUT2D eigenvalue weighted by Crippen LogP contribution is -2.09. The number of anilines is 1. The molecule has 0 atom stereocenters. The standard InChI is InChI=1S/C9H14N2O/c10-7-8-3-1-2-4-9(8)11-5-6-12/h1-4,11-12H,5-7,10H2. The summed E-state index contributed by atoms with van der Waals surface area (Å²) < 4.78 is 0. The lowest BCUT2D eigenvalue weighted by Gasteiger charge is -2.08. The molecule has 0 unspecified atom stereocenters. The predicted octanol–water partition coefficient (Wildman–Crippen LogP) is 0.549. The van der Waals surface area contributed by atoms with Gasteiger partial charge in [0.2, 0.25) is 0 Å². The monoisotopic (exact) mass is 166 g/mol. The van der Waals surface area contributed by atoms with E-state index in [9.17, 15) is 0 Å². The van der Waals surface area contributed by atoms with Crippen molar-refractivity contribution in [3.63, 3.8) is 0 Å². The van der Waals surface area contributed by atoms with Crippen LogP contribution in [-0.2, 0) is 6.54 Å². The van der Waals surface area contributed by atoms with Crippen molar-refractivity contribution in [2.24, 2.45) is 5.73 Å². The zero-order chi connectivity index (χ0) is 8.81. The molecule has 3 nitrogen and oxygen atoms in total. The summed E-state index contributed by atoms with van der Waals surface area (Å²) in [4.78, 5) is 0. The quantitative estimate of drug-likeness (QED) is 0.612. The number of nitrogens with two attached hydrogens (primary N) is 1. The van der Waals surface area contributed by atoms with E-state index in [0.29, 0.717) is 13.1 Å². The highest BCUT2D eigenvalue weighted by atomic mass is 16.3. The maximum absolute atomic E-state index is 8.60. The minimum absolute atomic E-state index is 0.138. The Bertz CT molecular complexity index is 238. The Hall–Kier alpha value is -1.06. The van der Waals surface area contributed by atoms with Crippen LogP contribution in [-0.4, -0.2) is 18.3 Å². The van der Waals surface area contributed by atoms with E-state index in [1.54, 1.807) is 0 Å². The first-order valence-corrected chi connectivity index (χ1v) is 4.01. The van der Waals surface area contributed by atoms with Gasteiger partial charge in [-0.05, 0) is 11.6 Å². The summed E-state index contributed by atoms with van der Waals surface area (Å²) in [6.45, 7) is 1.23. The summed E-state index contributed by atoms with van der Waals surface area (Å²) in [5.41, 5.74) is 7.60. The summed E-state index contributed by atoms with van der Waals surface area (Å²) in [5.74, 6) is 0. The van der Waals surface area contributed by atoms with Crippen molar-refractivity contribution in [3.8, 4) is 0 Å². The molecule has 1 rings (SSSR count). The van der Waals surface area contributed by atoms with Crippen LogP contribution in [0.25, 0.3) is 0 Å². The van der Waals surface area contributed by atoms with Crippen molar-refractivity contribution >= 4 is 5.69 Å². The topological polar surface area (TPSA) is 58.3 Å². The molecule has 0 bridgehead atoms. The molecule has 1 aromatic carbocycles.